The quantitative estimate of drug-likeness (QED) is 0.887. The molecule has 24 heavy (non-hydrogen) atoms. The van der Waals surface area contributed by atoms with E-state index in [4.69, 9.17) is 5.26 Å². The average Bonchev–Trinajstić information content (AvgIpc) is 2.60. The molecular weight excluding hydrogens is 302 g/mol. The van der Waals surface area contributed by atoms with E-state index in [1.807, 2.05) is 26.0 Å². The van der Waals surface area contributed by atoms with Crippen LogP contribution in [0.3, 0.4) is 0 Å². The lowest BCUT2D eigenvalue weighted by Crippen LogP contribution is -2.38. The summed E-state index contributed by atoms with van der Waals surface area (Å²) in [6.45, 7) is 3.61. The molecule has 0 heterocycles. The molecule has 1 unspecified atom stereocenters. The second-order valence-corrected chi connectivity index (χ2v) is 5.52. The Morgan fingerprint density at radius 1 is 1.12 bits per heavy atom. The molecule has 2 amide bonds. The number of nitrogens with zero attached hydrogens (tertiary/aromatic N) is 1. The molecule has 0 aliphatic carbocycles. The lowest BCUT2D eigenvalue weighted by Gasteiger charge is -2.15. The van der Waals surface area contributed by atoms with Crippen LogP contribution in [0.2, 0.25) is 0 Å². The first-order valence-corrected chi connectivity index (χ1v) is 7.64. The Balaban J connectivity index is 1.87. The Kier molecular flexibility index (Phi) is 5.69. The first-order valence-electron chi connectivity index (χ1n) is 7.64. The molecule has 0 saturated carbocycles. The van der Waals surface area contributed by atoms with Gasteiger partial charge >= 0.3 is 0 Å². The highest BCUT2D eigenvalue weighted by Crippen LogP contribution is 2.12. The number of hydrogen-bond acceptors (Lipinski definition) is 3. The highest BCUT2D eigenvalue weighted by Gasteiger charge is 2.12. The highest BCUT2D eigenvalue weighted by molar-refractivity contribution is 5.97. The van der Waals surface area contributed by atoms with Crippen molar-refractivity contribution in [3.8, 4) is 6.07 Å². The van der Waals surface area contributed by atoms with E-state index >= 15 is 0 Å². The first-order chi connectivity index (χ1) is 11.5. The molecule has 2 N–H and O–H groups in total. The van der Waals surface area contributed by atoms with Crippen LogP contribution < -0.4 is 10.6 Å². The Bertz CT molecular complexity index is 776. The Hall–Kier alpha value is -3.13. The van der Waals surface area contributed by atoms with Crippen molar-refractivity contribution in [1.82, 2.24) is 10.6 Å². The van der Waals surface area contributed by atoms with Crippen LogP contribution in [-0.2, 0) is 4.79 Å². The number of nitrogens with one attached hydrogen (secondary N) is 2. The van der Waals surface area contributed by atoms with Crippen LogP contribution in [0.4, 0.5) is 0 Å². The summed E-state index contributed by atoms with van der Waals surface area (Å²) in [4.78, 5) is 24.1. The van der Waals surface area contributed by atoms with Gasteiger partial charge in [-0.05, 0) is 43.2 Å². The van der Waals surface area contributed by atoms with Crippen molar-refractivity contribution in [2.75, 3.05) is 6.54 Å². The largest absolute Gasteiger partial charge is 0.348 e. The molecule has 2 aromatic rings. The van der Waals surface area contributed by atoms with Crippen LogP contribution in [0, 0.1) is 18.3 Å². The van der Waals surface area contributed by atoms with E-state index in [1.54, 1.807) is 36.4 Å². The maximum atomic E-state index is 12.1. The van der Waals surface area contributed by atoms with Gasteiger partial charge in [0.1, 0.15) is 0 Å². The van der Waals surface area contributed by atoms with Crippen LogP contribution in [0.5, 0.6) is 0 Å². The minimum atomic E-state index is -0.270. The number of hydrogen-bond donors (Lipinski definition) is 2. The van der Waals surface area contributed by atoms with Crippen LogP contribution >= 0.6 is 0 Å². The minimum Gasteiger partial charge on any atom is -0.348 e. The maximum Gasteiger partial charge on any atom is 0.251 e. The van der Waals surface area contributed by atoms with E-state index in [9.17, 15) is 9.59 Å². The van der Waals surface area contributed by atoms with E-state index in [-0.39, 0.29) is 24.4 Å². The van der Waals surface area contributed by atoms with Gasteiger partial charge in [0, 0.05) is 5.56 Å². The second-order valence-electron chi connectivity index (χ2n) is 5.52. The number of amides is 2. The molecule has 1 atom stereocenters. The molecule has 2 rings (SSSR count). The molecule has 5 nitrogen and oxygen atoms in total. The van der Waals surface area contributed by atoms with Gasteiger partial charge in [0.15, 0.2) is 0 Å². The van der Waals surface area contributed by atoms with Crippen LogP contribution in [0.15, 0.2) is 48.5 Å². The van der Waals surface area contributed by atoms with Crippen molar-refractivity contribution in [2.45, 2.75) is 19.9 Å². The predicted molar refractivity (Wildman–Crippen MR) is 91.2 cm³/mol. The molecule has 122 valence electrons. The third kappa shape index (κ3) is 4.43. The van der Waals surface area contributed by atoms with Gasteiger partial charge in [-0.25, -0.2) is 0 Å². The molecule has 0 bridgehead atoms. The second kappa shape index (κ2) is 7.93. The molecule has 0 aromatic heterocycles. The third-order valence-corrected chi connectivity index (χ3v) is 3.72. The number of benzene rings is 2. The summed E-state index contributed by atoms with van der Waals surface area (Å²) < 4.78 is 0. The van der Waals surface area contributed by atoms with Gasteiger partial charge in [-0.15, -0.1) is 0 Å². The summed E-state index contributed by atoms with van der Waals surface area (Å²) in [6.07, 6.45) is 0. The third-order valence-electron chi connectivity index (χ3n) is 3.72. The summed E-state index contributed by atoms with van der Waals surface area (Å²) in [6, 6.07) is 16.1. The summed E-state index contributed by atoms with van der Waals surface area (Å²) in [7, 11) is 0. The smallest absolute Gasteiger partial charge is 0.251 e. The zero-order chi connectivity index (χ0) is 17.5. The fraction of sp³-hybridized carbons (Fsp3) is 0.211. The zero-order valence-corrected chi connectivity index (χ0v) is 13.7. The summed E-state index contributed by atoms with van der Waals surface area (Å²) in [5.74, 6) is -0.539. The van der Waals surface area contributed by atoms with E-state index in [1.165, 1.54) is 0 Å². The zero-order valence-electron chi connectivity index (χ0n) is 13.7. The number of carbonyl (C=O) groups excluding carboxylic acids is 2. The Labute approximate surface area is 141 Å². The van der Waals surface area contributed by atoms with E-state index in [0.29, 0.717) is 11.1 Å². The first kappa shape index (κ1) is 17.2. The number of carbonyl (C=O) groups is 2. The van der Waals surface area contributed by atoms with Gasteiger partial charge in [0.2, 0.25) is 5.91 Å². The van der Waals surface area contributed by atoms with Crippen molar-refractivity contribution in [1.29, 1.82) is 5.26 Å². The number of rotatable bonds is 5. The number of nitriles is 1. The molecule has 0 spiro atoms. The minimum absolute atomic E-state index is 0.0895. The molecule has 0 saturated heterocycles. The fourth-order valence-corrected chi connectivity index (χ4v) is 2.31. The van der Waals surface area contributed by atoms with Crippen molar-refractivity contribution in [3.63, 3.8) is 0 Å². The lowest BCUT2D eigenvalue weighted by molar-refractivity contribution is -0.120. The van der Waals surface area contributed by atoms with Gasteiger partial charge in [0.25, 0.3) is 5.91 Å². The van der Waals surface area contributed by atoms with Gasteiger partial charge in [-0.3, -0.25) is 9.59 Å². The Morgan fingerprint density at radius 3 is 2.42 bits per heavy atom. The molecule has 0 aliphatic heterocycles. The lowest BCUT2D eigenvalue weighted by atomic mass is 10.1. The van der Waals surface area contributed by atoms with Gasteiger partial charge in [-0.2, -0.15) is 5.26 Å². The van der Waals surface area contributed by atoms with Crippen LogP contribution in [0.25, 0.3) is 0 Å². The van der Waals surface area contributed by atoms with Crippen molar-refractivity contribution >= 4 is 11.8 Å². The fourth-order valence-electron chi connectivity index (χ4n) is 2.31. The van der Waals surface area contributed by atoms with Gasteiger partial charge in [-0.1, -0.05) is 30.3 Å². The van der Waals surface area contributed by atoms with Crippen molar-refractivity contribution < 1.29 is 9.59 Å². The number of aryl methyl sites for hydroxylation is 1. The monoisotopic (exact) mass is 321 g/mol. The topological polar surface area (TPSA) is 82.0 Å². The van der Waals surface area contributed by atoms with E-state index < -0.39 is 0 Å². The molecular formula is C19H19N3O2. The summed E-state index contributed by atoms with van der Waals surface area (Å²) in [5, 5.41) is 14.2. The van der Waals surface area contributed by atoms with E-state index in [2.05, 4.69) is 16.7 Å². The van der Waals surface area contributed by atoms with Crippen molar-refractivity contribution in [2.24, 2.45) is 0 Å². The molecule has 0 radical (unpaired) electrons. The maximum absolute atomic E-state index is 12.1. The molecule has 0 fully saturated rings. The van der Waals surface area contributed by atoms with E-state index in [0.717, 1.165) is 11.1 Å². The van der Waals surface area contributed by atoms with Gasteiger partial charge in [0.05, 0.1) is 24.2 Å². The molecule has 2 aromatic carbocycles. The van der Waals surface area contributed by atoms with Crippen LogP contribution in [-0.4, -0.2) is 18.4 Å². The SMILES string of the molecule is Cc1ccccc1C(=O)NCC(=O)NC(C)c1ccc(C#N)cc1. The normalized spacial score (nSPS) is 11.2. The summed E-state index contributed by atoms with van der Waals surface area (Å²) >= 11 is 0. The standard InChI is InChI=1S/C19H19N3O2/c1-13-5-3-4-6-17(13)19(24)21-12-18(23)22-14(2)16-9-7-15(11-20)8-10-16/h3-10,14H,12H2,1-2H3,(H,21,24)(H,22,23). The Morgan fingerprint density at radius 2 is 1.79 bits per heavy atom. The molecule has 5 heteroatoms. The highest BCUT2D eigenvalue weighted by atomic mass is 16.2. The average molecular weight is 321 g/mol. The predicted octanol–water partition coefficient (Wildman–Crippen LogP) is 2.47. The summed E-state index contributed by atoms with van der Waals surface area (Å²) in [5.41, 5.74) is 2.89. The van der Waals surface area contributed by atoms with Crippen LogP contribution in [0.1, 0.15) is 40.0 Å². The van der Waals surface area contributed by atoms with Gasteiger partial charge < -0.3 is 10.6 Å². The van der Waals surface area contributed by atoms with Crippen molar-refractivity contribution in [3.05, 3.63) is 70.8 Å². The molecule has 0 aliphatic rings.